The van der Waals surface area contributed by atoms with Gasteiger partial charge in [-0.05, 0) is 31.5 Å². The van der Waals surface area contributed by atoms with E-state index in [1.54, 1.807) is 26.0 Å². The summed E-state index contributed by atoms with van der Waals surface area (Å²) in [5.41, 5.74) is 6.04. The SMILES string of the molecule is CC(C)(N)CC(=O)OCc1cccc(Cl)c1. The van der Waals surface area contributed by atoms with Gasteiger partial charge in [-0.15, -0.1) is 0 Å². The smallest absolute Gasteiger partial charge is 0.307 e. The van der Waals surface area contributed by atoms with E-state index < -0.39 is 5.54 Å². The van der Waals surface area contributed by atoms with Crippen LogP contribution in [0.4, 0.5) is 0 Å². The molecule has 0 saturated heterocycles. The number of esters is 1. The van der Waals surface area contributed by atoms with E-state index in [-0.39, 0.29) is 19.0 Å². The van der Waals surface area contributed by atoms with E-state index in [1.165, 1.54) is 0 Å². The Morgan fingerprint density at radius 1 is 1.50 bits per heavy atom. The van der Waals surface area contributed by atoms with Crippen LogP contribution in [0.3, 0.4) is 0 Å². The number of rotatable bonds is 4. The lowest BCUT2D eigenvalue weighted by molar-refractivity contribution is -0.146. The number of hydrogen-bond donors (Lipinski definition) is 1. The molecule has 0 aliphatic heterocycles. The van der Waals surface area contributed by atoms with Gasteiger partial charge in [0.05, 0.1) is 6.42 Å². The summed E-state index contributed by atoms with van der Waals surface area (Å²) < 4.78 is 5.08. The minimum Gasteiger partial charge on any atom is -0.461 e. The summed E-state index contributed by atoms with van der Waals surface area (Å²) in [5, 5.41) is 0.632. The van der Waals surface area contributed by atoms with Crippen molar-refractivity contribution in [1.29, 1.82) is 0 Å². The van der Waals surface area contributed by atoms with Gasteiger partial charge in [0, 0.05) is 10.6 Å². The highest BCUT2D eigenvalue weighted by Crippen LogP contribution is 2.12. The Labute approximate surface area is 101 Å². The molecular formula is C12H16ClNO2. The van der Waals surface area contributed by atoms with Crippen molar-refractivity contribution < 1.29 is 9.53 Å². The van der Waals surface area contributed by atoms with Gasteiger partial charge in [0.1, 0.15) is 6.61 Å². The third-order valence-electron chi connectivity index (χ3n) is 1.89. The number of halogens is 1. The predicted molar refractivity (Wildman–Crippen MR) is 64.1 cm³/mol. The second-order valence-corrected chi connectivity index (χ2v) is 4.89. The molecule has 3 nitrogen and oxygen atoms in total. The van der Waals surface area contributed by atoms with Crippen LogP contribution in [-0.4, -0.2) is 11.5 Å². The van der Waals surface area contributed by atoms with E-state index in [4.69, 9.17) is 22.1 Å². The largest absolute Gasteiger partial charge is 0.461 e. The van der Waals surface area contributed by atoms with E-state index >= 15 is 0 Å². The number of hydrogen-bond acceptors (Lipinski definition) is 3. The molecule has 1 aromatic rings. The third-order valence-corrected chi connectivity index (χ3v) is 2.12. The molecule has 16 heavy (non-hydrogen) atoms. The van der Waals surface area contributed by atoms with Gasteiger partial charge in [-0.2, -0.15) is 0 Å². The molecule has 0 aromatic heterocycles. The van der Waals surface area contributed by atoms with Gasteiger partial charge < -0.3 is 10.5 Å². The number of carbonyl (C=O) groups is 1. The summed E-state index contributed by atoms with van der Waals surface area (Å²) in [6.45, 7) is 3.80. The first-order valence-electron chi connectivity index (χ1n) is 5.06. The number of nitrogens with two attached hydrogens (primary N) is 1. The summed E-state index contributed by atoms with van der Waals surface area (Å²) in [7, 11) is 0. The molecule has 0 aliphatic carbocycles. The van der Waals surface area contributed by atoms with Crippen molar-refractivity contribution in [2.45, 2.75) is 32.4 Å². The van der Waals surface area contributed by atoms with Crippen molar-refractivity contribution in [3.05, 3.63) is 34.9 Å². The fourth-order valence-corrected chi connectivity index (χ4v) is 1.43. The van der Waals surface area contributed by atoms with E-state index in [2.05, 4.69) is 0 Å². The van der Waals surface area contributed by atoms with Crippen molar-refractivity contribution in [2.24, 2.45) is 5.73 Å². The molecule has 88 valence electrons. The molecule has 0 heterocycles. The second kappa shape index (κ2) is 5.32. The Morgan fingerprint density at radius 3 is 2.75 bits per heavy atom. The van der Waals surface area contributed by atoms with E-state index in [1.807, 2.05) is 12.1 Å². The van der Waals surface area contributed by atoms with Crippen molar-refractivity contribution >= 4 is 17.6 Å². The van der Waals surface area contributed by atoms with Gasteiger partial charge in [-0.1, -0.05) is 23.7 Å². The van der Waals surface area contributed by atoms with Crippen molar-refractivity contribution in [3.8, 4) is 0 Å². The standard InChI is InChI=1S/C12H16ClNO2/c1-12(2,14)7-11(15)16-8-9-4-3-5-10(13)6-9/h3-6H,7-8,14H2,1-2H3. The van der Waals surface area contributed by atoms with E-state index in [9.17, 15) is 4.79 Å². The average Bonchev–Trinajstić information content (AvgIpc) is 2.12. The molecule has 0 bridgehead atoms. The van der Waals surface area contributed by atoms with Crippen LogP contribution >= 0.6 is 11.6 Å². The molecule has 0 fully saturated rings. The van der Waals surface area contributed by atoms with Crippen molar-refractivity contribution in [1.82, 2.24) is 0 Å². The van der Waals surface area contributed by atoms with Crippen LogP contribution in [0, 0.1) is 0 Å². The Bertz CT molecular complexity index is 372. The van der Waals surface area contributed by atoms with Gasteiger partial charge in [0.25, 0.3) is 0 Å². The van der Waals surface area contributed by atoms with Crippen molar-refractivity contribution in [3.63, 3.8) is 0 Å². The molecule has 0 unspecified atom stereocenters. The minimum absolute atomic E-state index is 0.202. The molecule has 2 N–H and O–H groups in total. The molecule has 0 saturated carbocycles. The normalized spacial score (nSPS) is 11.2. The maximum absolute atomic E-state index is 11.4. The maximum atomic E-state index is 11.4. The topological polar surface area (TPSA) is 52.3 Å². The first kappa shape index (κ1) is 13.0. The first-order chi connectivity index (χ1) is 7.37. The maximum Gasteiger partial charge on any atom is 0.307 e. The number of benzene rings is 1. The first-order valence-corrected chi connectivity index (χ1v) is 5.43. The summed E-state index contributed by atoms with van der Waals surface area (Å²) in [5.74, 6) is -0.299. The van der Waals surface area contributed by atoms with Gasteiger partial charge in [-0.25, -0.2) is 0 Å². The van der Waals surface area contributed by atoms with Gasteiger partial charge >= 0.3 is 5.97 Å². The molecule has 0 aliphatic rings. The predicted octanol–water partition coefficient (Wildman–Crippen LogP) is 2.51. The molecule has 0 atom stereocenters. The highest BCUT2D eigenvalue weighted by molar-refractivity contribution is 6.30. The Kier molecular flexibility index (Phi) is 4.33. The average molecular weight is 242 g/mol. The van der Waals surface area contributed by atoms with Gasteiger partial charge in [0.2, 0.25) is 0 Å². The van der Waals surface area contributed by atoms with Crippen LogP contribution in [0.25, 0.3) is 0 Å². The van der Waals surface area contributed by atoms with Crippen LogP contribution in [-0.2, 0) is 16.1 Å². The summed E-state index contributed by atoms with van der Waals surface area (Å²) in [6, 6.07) is 7.21. The van der Waals surface area contributed by atoms with E-state index in [0.717, 1.165) is 5.56 Å². The molecule has 1 aromatic carbocycles. The second-order valence-electron chi connectivity index (χ2n) is 4.46. The van der Waals surface area contributed by atoms with Crippen molar-refractivity contribution in [2.75, 3.05) is 0 Å². The molecular weight excluding hydrogens is 226 g/mol. The molecule has 4 heteroatoms. The zero-order valence-electron chi connectivity index (χ0n) is 9.50. The van der Waals surface area contributed by atoms with E-state index in [0.29, 0.717) is 5.02 Å². The minimum atomic E-state index is -0.536. The fourth-order valence-electron chi connectivity index (χ4n) is 1.21. The third kappa shape index (κ3) is 5.14. The highest BCUT2D eigenvalue weighted by Gasteiger charge is 2.17. The number of ether oxygens (including phenoxy) is 1. The number of carbonyl (C=O) groups excluding carboxylic acids is 1. The van der Waals surface area contributed by atoms with Crippen LogP contribution in [0.2, 0.25) is 5.02 Å². The fraction of sp³-hybridized carbons (Fsp3) is 0.417. The zero-order valence-corrected chi connectivity index (χ0v) is 10.3. The van der Waals surface area contributed by atoms with Crippen LogP contribution in [0.5, 0.6) is 0 Å². The molecule has 0 radical (unpaired) electrons. The zero-order chi connectivity index (χ0) is 12.2. The van der Waals surface area contributed by atoms with Crippen LogP contribution < -0.4 is 5.73 Å². The Hall–Kier alpha value is -1.06. The molecule has 1 rings (SSSR count). The summed E-state index contributed by atoms with van der Waals surface area (Å²) in [6.07, 6.45) is 0.202. The molecule has 0 amide bonds. The Balaban J connectivity index is 2.43. The van der Waals surface area contributed by atoms with Gasteiger partial charge in [-0.3, -0.25) is 4.79 Å². The monoisotopic (exact) mass is 241 g/mol. The highest BCUT2D eigenvalue weighted by atomic mass is 35.5. The van der Waals surface area contributed by atoms with Gasteiger partial charge in [0.15, 0.2) is 0 Å². The summed E-state index contributed by atoms with van der Waals surface area (Å²) in [4.78, 5) is 11.4. The Morgan fingerprint density at radius 2 is 2.19 bits per heavy atom. The van der Waals surface area contributed by atoms with Crippen LogP contribution in [0.1, 0.15) is 25.8 Å². The molecule has 0 spiro atoms. The summed E-state index contributed by atoms with van der Waals surface area (Å²) >= 11 is 5.81. The lowest BCUT2D eigenvalue weighted by Crippen LogP contribution is -2.35. The lowest BCUT2D eigenvalue weighted by atomic mass is 10.0. The van der Waals surface area contributed by atoms with Crippen LogP contribution in [0.15, 0.2) is 24.3 Å². The quantitative estimate of drug-likeness (QED) is 0.825. The lowest BCUT2D eigenvalue weighted by Gasteiger charge is -2.16.